The van der Waals surface area contributed by atoms with Crippen LogP contribution in [0.15, 0.2) is 156 Å². The minimum absolute atomic E-state index is 0.893. The molecule has 2 heteroatoms. The van der Waals surface area contributed by atoms with Crippen molar-refractivity contribution in [3.63, 3.8) is 0 Å². The molecule has 9 rings (SSSR count). The fourth-order valence-electron chi connectivity index (χ4n) is 6.66. The van der Waals surface area contributed by atoms with Gasteiger partial charge in [0, 0.05) is 21.5 Å². The van der Waals surface area contributed by atoms with Crippen LogP contribution < -0.4 is 0 Å². The SMILES string of the molecule is c1ccc(-c2cc(-c3ccc4c(c3)oc3c(-n5c6ccccc6c6ccccc65)cccc34)c3ccccc3c2)cc1. The molecule has 7 aromatic carbocycles. The van der Waals surface area contributed by atoms with E-state index in [4.69, 9.17) is 4.42 Å². The second kappa shape index (κ2) is 8.95. The van der Waals surface area contributed by atoms with Crippen LogP contribution in [0.4, 0.5) is 0 Å². The number of benzene rings is 7. The highest BCUT2D eigenvalue weighted by Crippen LogP contribution is 2.40. The first-order chi connectivity index (χ1) is 20.8. The smallest absolute Gasteiger partial charge is 0.159 e. The van der Waals surface area contributed by atoms with Crippen molar-refractivity contribution in [3.8, 4) is 27.9 Å². The van der Waals surface area contributed by atoms with Crippen LogP contribution in [0, 0.1) is 0 Å². The first kappa shape index (κ1) is 23.1. The second-order valence-electron chi connectivity index (χ2n) is 10.9. The summed E-state index contributed by atoms with van der Waals surface area (Å²) in [7, 11) is 0. The normalized spacial score (nSPS) is 11.8. The molecule has 0 atom stereocenters. The van der Waals surface area contributed by atoms with Gasteiger partial charge in [-0.15, -0.1) is 0 Å². The van der Waals surface area contributed by atoms with Crippen LogP contribution in [0.3, 0.4) is 0 Å². The van der Waals surface area contributed by atoms with Gasteiger partial charge in [-0.2, -0.15) is 0 Å². The zero-order valence-electron chi connectivity index (χ0n) is 22.8. The molecule has 0 saturated heterocycles. The van der Waals surface area contributed by atoms with E-state index in [2.05, 4.69) is 156 Å². The van der Waals surface area contributed by atoms with E-state index < -0.39 is 0 Å². The Morgan fingerprint density at radius 2 is 1.07 bits per heavy atom. The summed E-state index contributed by atoms with van der Waals surface area (Å²) in [5.41, 5.74) is 9.98. The molecule has 0 saturated carbocycles. The van der Waals surface area contributed by atoms with Crippen molar-refractivity contribution in [3.05, 3.63) is 152 Å². The fraction of sp³-hybridized carbons (Fsp3) is 0. The van der Waals surface area contributed by atoms with Crippen LogP contribution in [0.25, 0.3) is 82.5 Å². The quantitative estimate of drug-likeness (QED) is 0.220. The molecule has 2 heterocycles. The molecule has 0 N–H and O–H groups in total. The topological polar surface area (TPSA) is 18.1 Å². The number of hydrogen-bond acceptors (Lipinski definition) is 1. The number of hydrogen-bond donors (Lipinski definition) is 0. The minimum Gasteiger partial charge on any atom is -0.454 e. The third kappa shape index (κ3) is 3.39. The molecule has 196 valence electrons. The highest BCUT2D eigenvalue weighted by Gasteiger charge is 2.18. The van der Waals surface area contributed by atoms with E-state index in [0.717, 1.165) is 33.2 Å². The standard InChI is InChI=1S/C40H25NO/c1-2-11-26(12-3-1)29-23-27-13-4-5-14-30(27)35(24-29)28-21-22-33-34-17-10-20-38(40(34)42-39(33)25-28)41-36-18-8-6-15-31(36)32-16-7-9-19-37(32)41/h1-25H. The Morgan fingerprint density at radius 1 is 0.405 bits per heavy atom. The van der Waals surface area contributed by atoms with Crippen molar-refractivity contribution >= 4 is 54.5 Å². The van der Waals surface area contributed by atoms with Crippen molar-refractivity contribution in [2.24, 2.45) is 0 Å². The summed E-state index contributed by atoms with van der Waals surface area (Å²) in [6.07, 6.45) is 0. The van der Waals surface area contributed by atoms with Gasteiger partial charge in [0.1, 0.15) is 5.58 Å². The monoisotopic (exact) mass is 535 g/mol. The molecule has 0 amide bonds. The predicted molar refractivity (Wildman–Crippen MR) is 176 cm³/mol. The van der Waals surface area contributed by atoms with Crippen LogP contribution >= 0.6 is 0 Å². The van der Waals surface area contributed by atoms with Gasteiger partial charge in [-0.1, -0.05) is 109 Å². The predicted octanol–water partition coefficient (Wildman–Crippen LogP) is 11.2. The zero-order valence-corrected chi connectivity index (χ0v) is 22.8. The number of para-hydroxylation sites is 3. The highest BCUT2D eigenvalue weighted by molar-refractivity contribution is 6.13. The Bertz CT molecular complexity index is 2410. The molecule has 2 aromatic heterocycles. The zero-order chi connectivity index (χ0) is 27.6. The van der Waals surface area contributed by atoms with E-state index in [-0.39, 0.29) is 0 Å². The molecular weight excluding hydrogens is 510 g/mol. The molecule has 0 aliphatic heterocycles. The average Bonchev–Trinajstić information content (AvgIpc) is 3.60. The first-order valence-electron chi connectivity index (χ1n) is 14.4. The number of fused-ring (bicyclic) bond motifs is 7. The molecule has 0 fully saturated rings. The highest BCUT2D eigenvalue weighted by atomic mass is 16.3. The van der Waals surface area contributed by atoms with Crippen LogP contribution in [0.2, 0.25) is 0 Å². The van der Waals surface area contributed by atoms with Crippen LogP contribution in [-0.2, 0) is 0 Å². The molecular formula is C40H25NO. The van der Waals surface area contributed by atoms with Crippen LogP contribution in [0.1, 0.15) is 0 Å². The van der Waals surface area contributed by atoms with Gasteiger partial charge < -0.3 is 8.98 Å². The average molecular weight is 536 g/mol. The molecule has 0 aliphatic carbocycles. The summed E-state index contributed by atoms with van der Waals surface area (Å²) in [4.78, 5) is 0. The van der Waals surface area contributed by atoms with Gasteiger partial charge in [-0.3, -0.25) is 0 Å². The van der Waals surface area contributed by atoms with E-state index in [1.165, 1.54) is 49.3 Å². The van der Waals surface area contributed by atoms with Gasteiger partial charge >= 0.3 is 0 Å². The molecule has 9 aromatic rings. The van der Waals surface area contributed by atoms with Crippen LogP contribution in [0.5, 0.6) is 0 Å². The Labute approximate surface area is 242 Å². The summed E-state index contributed by atoms with van der Waals surface area (Å²) >= 11 is 0. The molecule has 0 bridgehead atoms. The van der Waals surface area contributed by atoms with Gasteiger partial charge in [-0.25, -0.2) is 0 Å². The van der Waals surface area contributed by atoms with Gasteiger partial charge in [0.25, 0.3) is 0 Å². The Morgan fingerprint density at radius 3 is 1.86 bits per heavy atom. The van der Waals surface area contributed by atoms with E-state index in [1.54, 1.807) is 0 Å². The summed E-state index contributed by atoms with van der Waals surface area (Å²) in [6, 6.07) is 54.2. The van der Waals surface area contributed by atoms with Gasteiger partial charge in [0.2, 0.25) is 0 Å². The fourth-order valence-corrected chi connectivity index (χ4v) is 6.66. The lowest BCUT2D eigenvalue weighted by Crippen LogP contribution is -1.93. The third-order valence-corrected chi connectivity index (χ3v) is 8.58. The second-order valence-corrected chi connectivity index (χ2v) is 10.9. The third-order valence-electron chi connectivity index (χ3n) is 8.58. The Hall–Kier alpha value is -5.60. The van der Waals surface area contributed by atoms with Crippen molar-refractivity contribution in [1.82, 2.24) is 4.57 Å². The summed E-state index contributed by atoms with van der Waals surface area (Å²) < 4.78 is 9.11. The lowest BCUT2D eigenvalue weighted by Gasteiger charge is -2.11. The van der Waals surface area contributed by atoms with Crippen molar-refractivity contribution in [2.75, 3.05) is 0 Å². The maximum Gasteiger partial charge on any atom is 0.159 e. The van der Waals surface area contributed by atoms with Crippen LogP contribution in [-0.4, -0.2) is 4.57 Å². The van der Waals surface area contributed by atoms with Gasteiger partial charge in [-0.05, 0) is 75.5 Å². The molecule has 42 heavy (non-hydrogen) atoms. The van der Waals surface area contributed by atoms with Gasteiger partial charge in [0.05, 0.1) is 16.7 Å². The van der Waals surface area contributed by atoms with E-state index in [9.17, 15) is 0 Å². The number of aromatic nitrogens is 1. The molecule has 0 aliphatic rings. The number of nitrogens with zero attached hydrogens (tertiary/aromatic N) is 1. The summed E-state index contributed by atoms with van der Waals surface area (Å²) in [5, 5.41) is 7.20. The maximum atomic E-state index is 6.77. The molecule has 0 unspecified atom stereocenters. The van der Waals surface area contributed by atoms with Gasteiger partial charge in [0.15, 0.2) is 5.58 Å². The number of furan rings is 1. The lowest BCUT2D eigenvalue weighted by molar-refractivity contribution is 0.666. The van der Waals surface area contributed by atoms with Crippen molar-refractivity contribution in [1.29, 1.82) is 0 Å². The Balaban J connectivity index is 1.29. The maximum absolute atomic E-state index is 6.77. The molecule has 2 nitrogen and oxygen atoms in total. The number of rotatable bonds is 3. The lowest BCUT2D eigenvalue weighted by atomic mass is 9.92. The Kier molecular flexibility index (Phi) is 4.93. The minimum atomic E-state index is 0.893. The largest absolute Gasteiger partial charge is 0.454 e. The molecule has 0 radical (unpaired) electrons. The van der Waals surface area contributed by atoms with Crippen molar-refractivity contribution < 1.29 is 4.42 Å². The summed E-state index contributed by atoms with van der Waals surface area (Å²) in [5.74, 6) is 0. The summed E-state index contributed by atoms with van der Waals surface area (Å²) in [6.45, 7) is 0. The van der Waals surface area contributed by atoms with E-state index in [0.29, 0.717) is 0 Å². The molecule has 0 spiro atoms. The first-order valence-corrected chi connectivity index (χ1v) is 14.4. The van der Waals surface area contributed by atoms with Crippen molar-refractivity contribution in [2.45, 2.75) is 0 Å². The van der Waals surface area contributed by atoms with E-state index in [1.807, 2.05) is 0 Å². The van der Waals surface area contributed by atoms with E-state index >= 15 is 0 Å².